The number of nitrogens with zero attached hydrogens (tertiary/aromatic N) is 6. The van der Waals surface area contributed by atoms with Gasteiger partial charge in [0.25, 0.3) is 5.91 Å². The lowest BCUT2D eigenvalue weighted by molar-refractivity contribution is 0.0746. The molecule has 2 aliphatic rings. The Bertz CT molecular complexity index is 1310. The molecule has 1 aliphatic heterocycles. The average Bonchev–Trinajstić information content (AvgIpc) is 3.63. The van der Waals surface area contributed by atoms with E-state index in [4.69, 9.17) is 9.97 Å². The fourth-order valence-electron chi connectivity index (χ4n) is 4.33. The number of piperazine rings is 1. The van der Waals surface area contributed by atoms with Crippen LogP contribution in [0.1, 0.15) is 34.9 Å². The third kappa shape index (κ3) is 3.71. The van der Waals surface area contributed by atoms with Gasteiger partial charge in [-0.15, -0.1) is 0 Å². The molecule has 1 saturated heterocycles. The molecule has 0 atom stereocenters. The van der Waals surface area contributed by atoms with Gasteiger partial charge >= 0.3 is 0 Å². The number of aromatic nitrogens is 4. The first-order chi connectivity index (χ1) is 16.2. The van der Waals surface area contributed by atoms with E-state index < -0.39 is 0 Å². The molecule has 6 rings (SSSR count). The number of halogens is 1. The van der Waals surface area contributed by atoms with E-state index in [1.807, 2.05) is 46.1 Å². The molecule has 1 aliphatic carbocycles. The summed E-state index contributed by atoms with van der Waals surface area (Å²) in [5.41, 5.74) is 2.29. The van der Waals surface area contributed by atoms with Crippen molar-refractivity contribution in [3.8, 4) is 5.69 Å². The van der Waals surface area contributed by atoms with E-state index in [1.54, 1.807) is 0 Å². The van der Waals surface area contributed by atoms with Crippen molar-refractivity contribution in [2.75, 3.05) is 31.1 Å². The molecular formula is C25H23FN6O. The summed E-state index contributed by atoms with van der Waals surface area (Å²) in [5.74, 6) is 1.76. The van der Waals surface area contributed by atoms with Crippen molar-refractivity contribution in [1.29, 1.82) is 0 Å². The van der Waals surface area contributed by atoms with Gasteiger partial charge in [0, 0.05) is 37.7 Å². The summed E-state index contributed by atoms with van der Waals surface area (Å²) < 4.78 is 15.1. The molecule has 0 N–H and O–H groups in total. The number of carbonyl (C=O) groups is 1. The molecule has 166 valence electrons. The van der Waals surface area contributed by atoms with Crippen molar-refractivity contribution in [2.24, 2.45) is 0 Å². The Kier molecular flexibility index (Phi) is 4.78. The molecule has 2 aromatic heterocycles. The topological polar surface area (TPSA) is 67.2 Å². The Labute approximate surface area is 190 Å². The number of anilines is 1. The molecule has 0 unspecified atom stereocenters. The summed E-state index contributed by atoms with van der Waals surface area (Å²) in [5, 5.41) is 5.54. The Morgan fingerprint density at radius 2 is 1.64 bits per heavy atom. The third-order valence-corrected chi connectivity index (χ3v) is 6.33. The number of rotatable bonds is 4. The summed E-state index contributed by atoms with van der Waals surface area (Å²) in [4.78, 5) is 26.7. The van der Waals surface area contributed by atoms with Crippen LogP contribution in [0.4, 0.5) is 10.2 Å². The highest BCUT2D eigenvalue weighted by atomic mass is 19.1. The number of hydrogen-bond acceptors (Lipinski definition) is 5. The molecule has 7 nitrogen and oxygen atoms in total. The van der Waals surface area contributed by atoms with Gasteiger partial charge in [-0.3, -0.25) is 4.79 Å². The van der Waals surface area contributed by atoms with E-state index >= 15 is 0 Å². The van der Waals surface area contributed by atoms with Crippen molar-refractivity contribution >= 4 is 22.8 Å². The largest absolute Gasteiger partial charge is 0.352 e. The predicted octanol–water partition coefficient (Wildman–Crippen LogP) is 3.79. The van der Waals surface area contributed by atoms with Gasteiger partial charge in [0.2, 0.25) is 0 Å². The van der Waals surface area contributed by atoms with E-state index in [-0.39, 0.29) is 11.7 Å². The monoisotopic (exact) mass is 442 g/mol. The molecule has 2 fully saturated rings. The normalized spacial score (nSPS) is 16.4. The second-order valence-corrected chi connectivity index (χ2v) is 8.60. The fourth-order valence-corrected chi connectivity index (χ4v) is 4.33. The molecule has 33 heavy (non-hydrogen) atoms. The molecule has 0 bridgehead atoms. The summed E-state index contributed by atoms with van der Waals surface area (Å²) in [7, 11) is 0. The quantitative estimate of drug-likeness (QED) is 0.481. The van der Waals surface area contributed by atoms with E-state index in [2.05, 4.69) is 10.00 Å². The van der Waals surface area contributed by atoms with Gasteiger partial charge in [0.1, 0.15) is 17.5 Å². The van der Waals surface area contributed by atoms with Crippen LogP contribution in [0.5, 0.6) is 0 Å². The summed E-state index contributed by atoms with van der Waals surface area (Å²) in [6, 6.07) is 15.7. The SMILES string of the molecule is O=C(c1ccc(F)cc1)N1CCN(c2nc(C3CC3)nc3c2cnn3-c2ccccc2)CC1. The third-order valence-electron chi connectivity index (χ3n) is 6.33. The molecule has 1 saturated carbocycles. The first-order valence-electron chi connectivity index (χ1n) is 11.3. The number of para-hydroxylation sites is 1. The van der Waals surface area contributed by atoms with Crippen LogP contribution in [-0.4, -0.2) is 56.7 Å². The van der Waals surface area contributed by atoms with Crippen LogP contribution in [0.2, 0.25) is 0 Å². The predicted molar refractivity (Wildman–Crippen MR) is 123 cm³/mol. The zero-order valence-electron chi connectivity index (χ0n) is 18.1. The van der Waals surface area contributed by atoms with Crippen LogP contribution in [-0.2, 0) is 0 Å². The fraction of sp³-hybridized carbons (Fsp3) is 0.280. The van der Waals surface area contributed by atoms with Crippen molar-refractivity contribution in [1.82, 2.24) is 24.6 Å². The number of benzene rings is 2. The van der Waals surface area contributed by atoms with Crippen LogP contribution < -0.4 is 4.90 Å². The maximum Gasteiger partial charge on any atom is 0.253 e. The highest BCUT2D eigenvalue weighted by Crippen LogP contribution is 2.40. The molecule has 4 aromatic rings. The van der Waals surface area contributed by atoms with Crippen molar-refractivity contribution in [3.63, 3.8) is 0 Å². The minimum atomic E-state index is -0.341. The molecule has 1 amide bonds. The van der Waals surface area contributed by atoms with Crippen LogP contribution in [0, 0.1) is 5.82 Å². The Morgan fingerprint density at radius 1 is 0.909 bits per heavy atom. The lowest BCUT2D eigenvalue weighted by Gasteiger charge is -2.35. The van der Waals surface area contributed by atoms with Gasteiger partial charge in [-0.1, -0.05) is 18.2 Å². The Balaban J connectivity index is 1.29. The van der Waals surface area contributed by atoms with E-state index in [1.165, 1.54) is 24.3 Å². The molecule has 8 heteroatoms. The molecule has 3 heterocycles. The minimum Gasteiger partial charge on any atom is -0.352 e. The van der Waals surface area contributed by atoms with Gasteiger partial charge in [-0.05, 0) is 49.2 Å². The number of carbonyl (C=O) groups excluding carboxylic acids is 1. The first-order valence-corrected chi connectivity index (χ1v) is 11.3. The lowest BCUT2D eigenvalue weighted by Crippen LogP contribution is -2.49. The van der Waals surface area contributed by atoms with Gasteiger partial charge in [-0.2, -0.15) is 5.10 Å². The summed E-state index contributed by atoms with van der Waals surface area (Å²) in [6.07, 6.45) is 4.07. The van der Waals surface area contributed by atoms with Crippen LogP contribution in [0.15, 0.2) is 60.8 Å². The van der Waals surface area contributed by atoms with Crippen molar-refractivity contribution in [2.45, 2.75) is 18.8 Å². The van der Waals surface area contributed by atoms with Crippen LogP contribution >= 0.6 is 0 Å². The molecule has 0 spiro atoms. The Hall–Kier alpha value is -3.81. The highest BCUT2D eigenvalue weighted by molar-refractivity contribution is 5.94. The van der Waals surface area contributed by atoms with Crippen molar-refractivity contribution < 1.29 is 9.18 Å². The van der Waals surface area contributed by atoms with E-state index in [0.717, 1.165) is 41.2 Å². The van der Waals surface area contributed by atoms with Gasteiger partial charge in [-0.25, -0.2) is 19.0 Å². The maximum atomic E-state index is 13.2. The molecular weight excluding hydrogens is 419 g/mol. The first kappa shape index (κ1) is 19.8. The number of hydrogen-bond donors (Lipinski definition) is 0. The zero-order valence-corrected chi connectivity index (χ0v) is 18.1. The second kappa shape index (κ2) is 7.95. The van der Waals surface area contributed by atoms with E-state index in [0.29, 0.717) is 37.7 Å². The Morgan fingerprint density at radius 3 is 2.33 bits per heavy atom. The standard InChI is InChI=1S/C25H23FN6O/c26-19-10-8-18(9-11-19)25(33)31-14-12-30(13-15-31)23-21-16-27-32(20-4-2-1-3-5-20)24(21)29-22(28-23)17-6-7-17/h1-5,8-11,16-17H,6-7,12-15H2. The number of amides is 1. The summed E-state index contributed by atoms with van der Waals surface area (Å²) in [6.45, 7) is 2.49. The summed E-state index contributed by atoms with van der Waals surface area (Å²) >= 11 is 0. The van der Waals surface area contributed by atoms with Gasteiger partial charge in [0.05, 0.1) is 17.3 Å². The van der Waals surface area contributed by atoms with Crippen molar-refractivity contribution in [3.05, 3.63) is 78.0 Å². The van der Waals surface area contributed by atoms with Gasteiger partial charge in [0.15, 0.2) is 5.65 Å². The zero-order chi connectivity index (χ0) is 22.4. The number of fused-ring (bicyclic) bond motifs is 1. The second-order valence-electron chi connectivity index (χ2n) is 8.60. The highest BCUT2D eigenvalue weighted by Gasteiger charge is 2.31. The van der Waals surface area contributed by atoms with Gasteiger partial charge < -0.3 is 9.80 Å². The minimum absolute atomic E-state index is 0.0712. The lowest BCUT2D eigenvalue weighted by atomic mass is 10.1. The van der Waals surface area contributed by atoms with E-state index in [9.17, 15) is 9.18 Å². The molecule has 0 radical (unpaired) electrons. The molecule has 2 aromatic carbocycles. The maximum absolute atomic E-state index is 13.2. The smallest absolute Gasteiger partial charge is 0.253 e. The average molecular weight is 442 g/mol. The van der Waals surface area contributed by atoms with Crippen LogP contribution in [0.3, 0.4) is 0 Å². The van der Waals surface area contributed by atoms with Crippen LogP contribution in [0.25, 0.3) is 16.7 Å².